The zero-order valence-electron chi connectivity index (χ0n) is 12.0. The molecule has 1 N–H and O–H groups in total. The number of hydrogen-bond donors (Lipinski definition) is 1. The van der Waals surface area contributed by atoms with Gasteiger partial charge in [-0.1, -0.05) is 26.8 Å². The maximum Gasteiger partial charge on any atom is 0.305 e. The van der Waals surface area contributed by atoms with Crippen LogP contribution in [0.1, 0.15) is 32.8 Å². The van der Waals surface area contributed by atoms with E-state index < -0.39 is 5.97 Å². The van der Waals surface area contributed by atoms with Crippen LogP contribution in [-0.2, 0) is 16.8 Å². The van der Waals surface area contributed by atoms with Crippen molar-refractivity contribution in [1.82, 2.24) is 4.57 Å². The second kappa shape index (κ2) is 5.12. The van der Waals surface area contributed by atoms with E-state index in [0.717, 1.165) is 11.1 Å². The Labute approximate surface area is 117 Å². The first-order valence-corrected chi connectivity index (χ1v) is 6.64. The third-order valence-corrected chi connectivity index (χ3v) is 3.41. The van der Waals surface area contributed by atoms with Crippen LogP contribution >= 0.6 is 0 Å². The van der Waals surface area contributed by atoms with Crippen molar-refractivity contribution in [2.75, 3.05) is 0 Å². The van der Waals surface area contributed by atoms with E-state index in [1.807, 2.05) is 22.8 Å². The van der Waals surface area contributed by atoms with Gasteiger partial charge < -0.3 is 9.67 Å². The summed E-state index contributed by atoms with van der Waals surface area (Å²) in [5.74, 6) is -0.844. The van der Waals surface area contributed by atoms with E-state index in [2.05, 4.69) is 20.8 Å². The first kappa shape index (κ1) is 14.3. The molecule has 1 aromatic heterocycles. The summed E-state index contributed by atoms with van der Waals surface area (Å²) in [6.07, 6.45) is 1.70. The molecule has 0 aliphatic rings. The van der Waals surface area contributed by atoms with Gasteiger partial charge in [-0.15, -0.1) is 0 Å². The molecule has 0 fully saturated rings. The first-order valence-electron chi connectivity index (χ1n) is 6.64. The smallest absolute Gasteiger partial charge is 0.305 e. The maximum atomic E-state index is 12.0. The van der Waals surface area contributed by atoms with Crippen LogP contribution in [0.25, 0.3) is 10.9 Å². The van der Waals surface area contributed by atoms with E-state index in [1.54, 1.807) is 6.20 Å². The summed E-state index contributed by atoms with van der Waals surface area (Å²) in [6, 6.07) is 7.31. The lowest BCUT2D eigenvalue weighted by Gasteiger charge is -2.20. The van der Waals surface area contributed by atoms with Gasteiger partial charge in [0.05, 0.1) is 11.9 Å². The molecule has 106 valence electrons. The van der Waals surface area contributed by atoms with E-state index >= 15 is 0 Å². The van der Waals surface area contributed by atoms with Crippen molar-refractivity contribution in [2.24, 2.45) is 0 Å². The Morgan fingerprint density at radius 1 is 1.25 bits per heavy atom. The minimum atomic E-state index is -0.844. The molecule has 1 aromatic carbocycles. The number of carbonyl (C=O) groups is 1. The Hall–Kier alpha value is -2.10. The van der Waals surface area contributed by atoms with Crippen molar-refractivity contribution in [2.45, 2.75) is 39.2 Å². The van der Waals surface area contributed by atoms with Crippen molar-refractivity contribution in [3.05, 3.63) is 46.2 Å². The predicted octanol–water partition coefficient (Wildman–Crippen LogP) is 2.77. The molecular weight excluding hydrogens is 254 g/mol. The molecule has 20 heavy (non-hydrogen) atoms. The van der Waals surface area contributed by atoms with Crippen LogP contribution < -0.4 is 5.43 Å². The number of hydrogen-bond acceptors (Lipinski definition) is 2. The molecule has 0 aliphatic carbocycles. The molecule has 1 heterocycles. The number of aromatic nitrogens is 1. The number of aryl methyl sites for hydroxylation is 1. The Morgan fingerprint density at radius 2 is 1.95 bits per heavy atom. The van der Waals surface area contributed by atoms with Crippen LogP contribution in [0.2, 0.25) is 0 Å². The molecule has 0 amide bonds. The number of benzene rings is 1. The van der Waals surface area contributed by atoms with Crippen LogP contribution in [0.3, 0.4) is 0 Å². The zero-order chi connectivity index (χ0) is 14.9. The molecule has 0 radical (unpaired) electrons. The molecule has 2 rings (SSSR count). The largest absolute Gasteiger partial charge is 0.481 e. The number of aliphatic carboxylic acids is 1. The van der Waals surface area contributed by atoms with Gasteiger partial charge in [0.25, 0.3) is 0 Å². The zero-order valence-corrected chi connectivity index (χ0v) is 12.0. The normalized spacial score (nSPS) is 11.8. The van der Waals surface area contributed by atoms with Crippen molar-refractivity contribution >= 4 is 16.9 Å². The summed E-state index contributed by atoms with van der Waals surface area (Å²) in [5, 5.41) is 9.42. The lowest BCUT2D eigenvalue weighted by molar-refractivity contribution is -0.137. The average molecular weight is 273 g/mol. The van der Waals surface area contributed by atoms with E-state index in [-0.39, 0.29) is 17.3 Å². The van der Waals surface area contributed by atoms with E-state index in [0.29, 0.717) is 11.9 Å². The van der Waals surface area contributed by atoms with Gasteiger partial charge in [-0.25, -0.2) is 0 Å². The Kier molecular flexibility index (Phi) is 3.66. The summed E-state index contributed by atoms with van der Waals surface area (Å²) in [6.45, 7) is 6.65. The number of carboxylic acids is 1. The van der Waals surface area contributed by atoms with Crippen LogP contribution in [0.15, 0.2) is 35.3 Å². The predicted molar refractivity (Wildman–Crippen MR) is 79.2 cm³/mol. The quantitative estimate of drug-likeness (QED) is 0.935. The highest BCUT2D eigenvalue weighted by atomic mass is 16.4. The van der Waals surface area contributed by atoms with Gasteiger partial charge in [-0.3, -0.25) is 9.59 Å². The fraction of sp³-hybridized carbons (Fsp3) is 0.375. The number of rotatable bonds is 3. The van der Waals surface area contributed by atoms with E-state index in [1.165, 1.54) is 6.07 Å². The lowest BCUT2D eigenvalue weighted by atomic mass is 9.86. The Balaban J connectivity index is 2.56. The van der Waals surface area contributed by atoms with Crippen molar-refractivity contribution in [3.63, 3.8) is 0 Å². The highest BCUT2D eigenvalue weighted by Gasteiger charge is 2.15. The second-order valence-electron chi connectivity index (χ2n) is 6.00. The Bertz CT molecular complexity index is 708. The highest BCUT2D eigenvalue weighted by molar-refractivity contribution is 5.80. The summed E-state index contributed by atoms with van der Waals surface area (Å²) >= 11 is 0. The molecule has 0 bridgehead atoms. The lowest BCUT2D eigenvalue weighted by Crippen LogP contribution is -2.14. The minimum Gasteiger partial charge on any atom is -0.481 e. The summed E-state index contributed by atoms with van der Waals surface area (Å²) in [4.78, 5) is 22.7. The van der Waals surface area contributed by atoms with Crippen LogP contribution in [-0.4, -0.2) is 15.6 Å². The van der Waals surface area contributed by atoms with Gasteiger partial charge in [0.2, 0.25) is 0 Å². The third kappa shape index (κ3) is 2.90. The summed E-state index contributed by atoms with van der Waals surface area (Å²) in [5.41, 5.74) is 1.82. The van der Waals surface area contributed by atoms with Crippen LogP contribution in [0, 0.1) is 0 Å². The molecule has 4 nitrogen and oxygen atoms in total. The third-order valence-electron chi connectivity index (χ3n) is 3.41. The van der Waals surface area contributed by atoms with Gasteiger partial charge in [-0.2, -0.15) is 0 Å². The molecule has 0 aliphatic heterocycles. The number of nitrogens with zero attached hydrogens (tertiary/aromatic N) is 1. The van der Waals surface area contributed by atoms with Crippen LogP contribution in [0.4, 0.5) is 0 Å². The fourth-order valence-electron chi connectivity index (χ4n) is 2.19. The van der Waals surface area contributed by atoms with Gasteiger partial charge in [0, 0.05) is 24.2 Å². The summed E-state index contributed by atoms with van der Waals surface area (Å²) < 4.78 is 1.82. The molecule has 2 aromatic rings. The second-order valence-corrected chi connectivity index (χ2v) is 6.00. The molecular formula is C16H19NO3. The van der Waals surface area contributed by atoms with E-state index in [4.69, 9.17) is 5.11 Å². The van der Waals surface area contributed by atoms with Gasteiger partial charge >= 0.3 is 5.97 Å². The number of pyridine rings is 1. The topological polar surface area (TPSA) is 59.3 Å². The Morgan fingerprint density at radius 3 is 2.55 bits per heavy atom. The number of fused-ring (bicyclic) bond motifs is 1. The monoisotopic (exact) mass is 273 g/mol. The fourth-order valence-corrected chi connectivity index (χ4v) is 2.19. The van der Waals surface area contributed by atoms with Gasteiger partial charge in [-0.05, 0) is 23.1 Å². The standard InChI is InChI=1S/C16H19NO3/c1-16(2,3)11-4-5-13-12(10-11)14(18)6-8-17(13)9-7-15(19)20/h4-6,8,10H,7,9H2,1-3H3,(H,19,20). The molecule has 0 saturated heterocycles. The molecule has 0 saturated carbocycles. The van der Waals surface area contributed by atoms with Crippen LogP contribution in [0.5, 0.6) is 0 Å². The van der Waals surface area contributed by atoms with Crippen molar-refractivity contribution < 1.29 is 9.90 Å². The highest BCUT2D eigenvalue weighted by Crippen LogP contribution is 2.24. The summed E-state index contributed by atoms with van der Waals surface area (Å²) in [7, 11) is 0. The average Bonchev–Trinajstić information content (AvgIpc) is 2.36. The SMILES string of the molecule is CC(C)(C)c1ccc2c(c1)c(=O)ccn2CCC(=O)O. The molecule has 0 unspecified atom stereocenters. The number of carboxylic acid groups (broad SMARTS) is 1. The molecule has 0 spiro atoms. The first-order chi connectivity index (χ1) is 9.29. The molecule has 4 heteroatoms. The molecule has 0 atom stereocenters. The van der Waals surface area contributed by atoms with E-state index in [9.17, 15) is 9.59 Å². The van der Waals surface area contributed by atoms with Crippen molar-refractivity contribution in [1.29, 1.82) is 0 Å². The van der Waals surface area contributed by atoms with Gasteiger partial charge in [0.15, 0.2) is 5.43 Å². The van der Waals surface area contributed by atoms with Gasteiger partial charge in [0.1, 0.15) is 0 Å². The minimum absolute atomic E-state index is 0.0254. The van der Waals surface area contributed by atoms with Crippen molar-refractivity contribution in [3.8, 4) is 0 Å². The maximum absolute atomic E-state index is 12.0.